The number of benzene rings is 1. The van der Waals surface area contributed by atoms with Crippen molar-refractivity contribution in [1.82, 2.24) is 0 Å². The number of ether oxygens (including phenoxy) is 1. The molecule has 0 aromatic heterocycles. The van der Waals surface area contributed by atoms with E-state index in [0.717, 1.165) is 6.26 Å². The standard InChI is InChI=1S/C12H15NO5S/c1-19(16,17)11-3-2-9(12(14)15)8-10(11)13-4-6-18-7-5-13/h2-3,8H,4-7H2,1H3,(H,14,15). The van der Waals surface area contributed by atoms with Gasteiger partial charge in [-0.25, -0.2) is 13.2 Å². The predicted octanol–water partition coefficient (Wildman–Crippen LogP) is 0.625. The minimum atomic E-state index is -3.40. The molecule has 0 spiro atoms. The number of hydrogen-bond donors (Lipinski definition) is 1. The van der Waals surface area contributed by atoms with Crippen molar-refractivity contribution in [2.24, 2.45) is 0 Å². The molecule has 0 bridgehead atoms. The Morgan fingerprint density at radius 2 is 1.95 bits per heavy atom. The topological polar surface area (TPSA) is 83.9 Å². The summed E-state index contributed by atoms with van der Waals surface area (Å²) in [5.74, 6) is -1.07. The van der Waals surface area contributed by atoms with Crippen LogP contribution < -0.4 is 4.90 Å². The van der Waals surface area contributed by atoms with E-state index in [-0.39, 0.29) is 10.5 Å². The largest absolute Gasteiger partial charge is 0.478 e. The molecule has 1 fully saturated rings. The minimum absolute atomic E-state index is 0.0777. The Kier molecular flexibility index (Phi) is 3.77. The van der Waals surface area contributed by atoms with Crippen LogP contribution in [-0.4, -0.2) is 52.1 Å². The quantitative estimate of drug-likeness (QED) is 0.876. The van der Waals surface area contributed by atoms with Gasteiger partial charge in [0, 0.05) is 19.3 Å². The molecule has 1 aliphatic heterocycles. The Hall–Kier alpha value is -1.60. The van der Waals surface area contributed by atoms with Gasteiger partial charge >= 0.3 is 5.97 Å². The van der Waals surface area contributed by atoms with E-state index in [0.29, 0.717) is 32.0 Å². The molecule has 1 aromatic rings. The highest BCUT2D eigenvalue weighted by atomic mass is 32.2. The molecule has 1 saturated heterocycles. The molecule has 6 nitrogen and oxygen atoms in total. The van der Waals surface area contributed by atoms with E-state index in [9.17, 15) is 13.2 Å². The van der Waals surface area contributed by atoms with Gasteiger partial charge in [0.25, 0.3) is 0 Å². The fraction of sp³-hybridized carbons (Fsp3) is 0.417. The number of carboxylic acid groups (broad SMARTS) is 1. The first-order chi connectivity index (χ1) is 8.89. The zero-order valence-electron chi connectivity index (χ0n) is 10.5. The monoisotopic (exact) mass is 285 g/mol. The second-order valence-electron chi connectivity index (χ2n) is 4.36. The van der Waals surface area contributed by atoms with E-state index in [1.807, 2.05) is 4.90 Å². The van der Waals surface area contributed by atoms with Crippen LogP contribution in [0.3, 0.4) is 0 Å². The first kappa shape index (κ1) is 13.8. The maximum Gasteiger partial charge on any atom is 0.335 e. The third kappa shape index (κ3) is 3.05. The smallest absolute Gasteiger partial charge is 0.335 e. The van der Waals surface area contributed by atoms with Gasteiger partial charge in [-0.2, -0.15) is 0 Å². The summed E-state index contributed by atoms with van der Waals surface area (Å²) in [6, 6.07) is 4.07. The molecule has 0 unspecified atom stereocenters. The van der Waals surface area contributed by atoms with E-state index >= 15 is 0 Å². The minimum Gasteiger partial charge on any atom is -0.478 e. The van der Waals surface area contributed by atoms with Crippen LogP contribution in [0, 0.1) is 0 Å². The highest BCUT2D eigenvalue weighted by Gasteiger charge is 2.21. The number of morpholine rings is 1. The molecule has 0 atom stereocenters. The van der Waals surface area contributed by atoms with Crippen LogP contribution in [0.25, 0.3) is 0 Å². The lowest BCUT2D eigenvalue weighted by Gasteiger charge is -2.30. The van der Waals surface area contributed by atoms with Crippen molar-refractivity contribution >= 4 is 21.5 Å². The Morgan fingerprint density at radius 3 is 2.47 bits per heavy atom. The molecular weight excluding hydrogens is 270 g/mol. The number of hydrogen-bond acceptors (Lipinski definition) is 5. The first-order valence-corrected chi connectivity index (χ1v) is 7.69. The second-order valence-corrected chi connectivity index (χ2v) is 6.34. The molecule has 0 saturated carbocycles. The molecular formula is C12H15NO5S. The van der Waals surface area contributed by atoms with Crippen molar-refractivity contribution < 1.29 is 23.1 Å². The molecule has 1 aromatic carbocycles. The van der Waals surface area contributed by atoms with Gasteiger partial charge in [-0.05, 0) is 18.2 Å². The molecule has 104 valence electrons. The number of anilines is 1. The summed E-state index contributed by atoms with van der Waals surface area (Å²) in [6.45, 7) is 2.10. The normalized spacial score (nSPS) is 16.4. The van der Waals surface area contributed by atoms with Gasteiger partial charge in [-0.3, -0.25) is 0 Å². The van der Waals surface area contributed by atoms with Crippen LogP contribution in [0.1, 0.15) is 10.4 Å². The summed E-state index contributed by atoms with van der Waals surface area (Å²) in [7, 11) is -3.40. The Morgan fingerprint density at radius 1 is 1.32 bits per heavy atom. The van der Waals surface area contributed by atoms with Gasteiger partial charge in [0.2, 0.25) is 0 Å². The van der Waals surface area contributed by atoms with Crippen molar-refractivity contribution in [3.63, 3.8) is 0 Å². The van der Waals surface area contributed by atoms with Crippen molar-refractivity contribution in [1.29, 1.82) is 0 Å². The van der Waals surface area contributed by atoms with E-state index in [1.165, 1.54) is 18.2 Å². The van der Waals surface area contributed by atoms with Crippen LogP contribution in [0.4, 0.5) is 5.69 Å². The third-order valence-corrected chi connectivity index (χ3v) is 4.10. The van der Waals surface area contributed by atoms with Gasteiger partial charge < -0.3 is 14.7 Å². The molecule has 0 aliphatic carbocycles. The van der Waals surface area contributed by atoms with Crippen LogP contribution in [0.5, 0.6) is 0 Å². The lowest BCUT2D eigenvalue weighted by Crippen LogP contribution is -2.37. The van der Waals surface area contributed by atoms with E-state index in [2.05, 4.69) is 0 Å². The van der Waals surface area contributed by atoms with Gasteiger partial charge in [-0.15, -0.1) is 0 Å². The van der Waals surface area contributed by atoms with Crippen molar-refractivity contribution in [3.05, 3.63) is 23.8 Å². The van der Waals surface area contributed by atoms with E-state index < -0.39 is 15.8 Å². The Bertz CT molecular complexity index is 590. The predicted molar refractivity (Wildman–Crippen MR) is 69.5 cm³/mol. The Labute approximate surface area is 111 Å². The summed E-state index contributed by atoms with van der Waals surface area (Å²) in [6.07, 6.45) is 1.12. The highest BCUT2D eigenvalue weighted by Crippen LogP contribution is 2.27. The van der Waals surface area contributed by atoms with Crippen LogP contribution in [0.2, 0.25) is 0 Å². The molecule has 1 N–H and O–H groups in total. The van der Waals surface area contributed by atoms with Gasteiger partial charge in [0.15, 0.2) is 9.84 Å². The molecule has 1 heterocycles. The maximum atomic E-state index is 11.8. The van der Waals surface area contributed by atoms with Gasteiger partial charge in [-0.1, -0.05) is 0 Å². The second kappa shape index (κ2) is 5.18. The molecule has 0 radical (unpaired) electrons. The molecule has 0 amide bonds. The molecule has 2 rings (SSSR count). The van der Waals surface area contributed by atoms with E-state index in [1.54, 1.807) is 0 Å². The van der Waals surface area contributed by atoms with E-state index in [4.69, 9.17) is 9.84 Å². The number of aromatic carboxylic acids is 1. The summed E-state index contributed by atoms with van der Waals surface area (Å²) in [5.41, 5.74) is 0.514. The molecule has 7 heteroatoms. The lowest BCUT2D eigenvalue weighted by molar-refractivity contribution is 0.0697. The molecule has 19 heavy (non-hydrogen) atoms. The van der Waals surface area contributed by atoms with Gasteiger partial charge in [0.1, 0.15) is 0 Å². The summed E-state index contributed by atoms with van der Waals surface area (Å²) in [4.78, 5) is 13.0. The van der Waals surface area contributed by atoms with Crippen LogP contribution in [-0.2, 0) is 14.6 Å². The first-order valence-electron chi connectivity index (χ1n) is 5.79. The SMILES string of the molecule is CS(=O)(=O)c1ccc(C(=O)O)cc1N1CCOCC1. The number of carbonyl (C=O) groups is 1. The van der Waals surface area contributed by atoms with Crippen LogP contribution in [0.15, 0.2) is 23.1 Å². The van der Waals surface area contributed by atoms with Crippen molar-refractivity contribution in [2.45, 2.75) is 4.90 Å². The zero-order valence-corrected chi connectivity index (χ0v) is 11.3. The number of nitrogens with zero attached hydrogens (tertiary/aromatic N) is 1. The summed E-state index contributed by atoms with van der Waals surface area (Å²) < 4.78 is 28.8. The van der Waals surface area contributed by atoms with Crippen LogP contribution >= 0.6 is 0 Å². The number of sulfone groups is 1. The van der Waals surface area contributed by atoms with Crippen molar-refractivity contribution in [2.75, 3.05) is 37.5 Å². The fourth-order valence-corrected chi connectivity index (χ4v) is 2.90. The highest BCUT2D eigenvalue weighted by molar-refractivity contribution is 7.90. The molecule has 1 aliphatic rings. The average Bonchev–Trinajstić information content (AvgIpc) is 2.38. The summed E-state index contributed by atoms with van der Waals surface area (Å²) in [5, 5.41) is 9.01. The van der Waals surface area contributed by atoms with Crippen molar-refractivity contribution in [3.8, 4) is 0 Å². The zero-order chi connectivity index (χ0) is 14.0. The number of carboxylic acids is 1. The van der Waals surface area contributed by atoms with Gasteiger partial charge in [0.05, 0.1) is 29.4 Å². The average molecular weight is 285 g/mol. The fourth-order valence-electron chi connectivity index (χ4n) is 2.02. The lowest BCUT2D eigenvalue weighted by atomic mass is 10.2. The number of rotatable bonds is 3. The summed E-state index contributed by atoms with van der Waals surface area (Å²) >= 11 is 0. The third-order valence-electron chi connectivity index (χ3n) is 2.96. The maximum absolute atomic E-state index is 11.8. The Balaban J connectivity index is 2.52.